The summed E-state index contributed by atoms with van der Waals surface area (Å²) < 4.78 is 7.11. The van der Waals surface area contributed by atoms with Crippen molar-refractivity contribution in [2.75, 3.05) is 0 Å². The van der Waals surface area contributed by atoms with Crippen LogP contribution in [0, 0.1) is 0 Å². The molecular weight excluding hydrogens is 619 g/mol. The van der Waals surface area contributed by atoms with E-state index in [4.69, 9.17) is 0 Å². The molecule has 0 aliphatic heterocycles. The van der Waals surface area contributed by atoms with Gasteiger partial charge in [-0.1, -0.05) is 109 Å². The third-order valence-corrected chi connectivity index (χ3v) is 10.4. The van der Waals surface area contributed by atoms with E-state index >= 15 is 0 Å². The summed E-state index contributed by atoms with van der Waals surface area (Å²) in [5.74, 6) is 0. The minimum Gasteiger partial charge on any atom is -0.341 e. The molecule has 0 saturated carbocycles. The molecule has 0 fully saturated rings. The van der Waals surface area contributed by atoms with E-state index in [2.05, 4.69) is 203 Å². The van der Waals surface area contributed by atoms with Crippen LogP contribution in [-0.4, -0.2) is 13.7 Å². The Morgan fingerprint density at radius 2 is 0.882 bits per heavy atom. The molecule has 242 valence electrons. The smallest absolute Gasteiger partial charge is 0.0541 e. The van der Waals surface area contributed by atoms with Crippen molar-refractivity contribution >= 4 is 89.8 Å². The van der Waals surface area contributed by atoms with Gasteiger partial charge < -0.3 is 13.7 Å². The van der Waals surface area contributed by atoms with Gasteiger partial charge in [0.05, 0.1) is 22.1 Å². The maximum absolute atomic E-state index is 2.42. The molecular formula is C48H35N3. The average Bonchev–Trinajstić information content (AvgIpc) is 3.81. The molecule has 0 amide bonds. The molecule has 0 N–H and O–H groups in total. The number of aryl methyl sites for hydroxylation is 1. The first-order valence-corrected chi connectivity index (χ1v) is 17.7. The van der Waals surface area contributed by atoms with Crippen molar-refractivity contribution in [2.45, 2.75) is 13.5 Å². The largest absolute Gasteiger partial charge is 0.341 e. The van der Waals surface area contributed by atoms with Gasteiger partial charge in [-0.15, -0.1) is 0 Å². The normalized spacial score (nSPS) is 12.3. The molecule has 0 bridgehead atoms. The maximum atomic E-state index is 2.42. The topological polar surface area (TPSA) is 14.8 Å². The Bertz CT molecular complexity index is 2950. The molecule has 3 heterocycles. The van der Waals surface area contributed by atoms with Crippen molar-refractivity contribution in [1.29, 1.82) is 0 Å². The highest BCUT2D eigenvalue weighted by Crippen LogP contribution is 2.35. The van der Waals surface area contributed by atoms with E-state index in [9.17, 15) is 0 Å². The molecule has 51 heavy (non-hydrogen) atoms. The third-order valence-electron chi connectivity index (χ3n) is 10.4. The molecule has 0 aliphatic rings. The van der Waals surface area contributed by atoms with Crippen LogP contribution in [0.25, 0.3) is 95.5 Å². The van der Waals surface area contributed by atoms with E-state index in [1.165, 1.54) is 76.5 Å². The van der Waals surface area contributed by atoms with Gasteiger partial charge in [-0.05, 0) is 90.4 Å². The number of rotatable bonds is 6. The zero-order chi connectivity index (χ0) is 33.9. The second kappa shape index (κ2) is 11.8. The second-order valence-electron chi connectivity index (χ2n) is 13.3. The van der Waals surface area contributed by atoms with Crippen LogP contribution in [0.4, 0.5) is 0 Å². The molecule has 0 radical (unpaired) electrons. The van der Waals surface area contributed by atoms with Crippen LogP contribution in [0.3, 0.4) is 0 Å². The number of para-hydroxylation sites is 4. The minimum absolute atomic E-state index is 0.940. The van der Waals surface area contributed by atoms with Crippen LogP contribution in [0.5, 0.6) is 0 Å². The zero-order valence-electron chi connectivity index (χ0n) is 28.4. The number of benzene rings is 7. The fourth-order valence-corrected chi connectivity index (χ4v) is 8.10. The molecule has 3 heteroatoms. The monoisotopic (exact) mass is 653 g/mol. The van der Waals surface area contributed by atoms with Gasteiger partial charge in [0.1, 0.15) is 0 Å². The maximum Gasteiger partial charge on any atom is 0.0541 e. The van der Waals surface area contributed by atoms with E-state index < -0.39 is 0 Å². The predicted octanol–water partition coefficient (Wildman–Crippen LogP) is 12.8. The average molecular weight is 654 g/mol. The Labute approximate surface area is 296 Å². The summed E-state index contributed by atoms with van der Waals surface area (Å²) in [6, 6.07) is 57.2. The van der Waals surface area contributed by atoms with Crippen LogP contribution in [-0.2, 0) is 6.54 Å². The van der Waals surface area contributed by atoms with Crippen LogP contribution in [0.15, 0.2) is 158 Å². The van der Waals surface area contributed by atoms with E-state index in [0.717, 1.165) is 17.8 Å². The highest BCUT2D eigenvalue weighted by Gasteiger charge is 2.14. The van der Waals surface area contributed by atoms with Gasteiger partial charge in [-0.3, -0.25) is 0 Å². The van der Waals surface area contributed by atoms with Crippen LogP contribution in [0.1, 0.15) is 23.6 Å². The first-order valence-electron chi connectivity index (χ1n) is 17.7. The molecule has 0 aliphatic carbocycles. The summed E-state index contributed by atoms with van der Waals surface area (Å²) in [5.41, 5.74) is 12.1. The van der Waals surface area contributed by atoms with Crippen molar-refractivity contribution in [3.05, 3.63) is 174 Å². The molecule has 10 rings (SSSR count). The quantitative estimate of drug-likeness (QED) is 0.159. The molecule has 3 nitrogen and oxygen atoms in total. The van der Waals surface area contributed by atoms with Crippen molar-refractivity contribution in [3.8, 4) is 5.69 Å². The fourth-order valence-electron chi connectivity index (χ4n) is 8.10. The Morgan fingerprint density at radius 3 is 1.51 bits per heavy atom. The standard InChI is InChI=1S/C48H35N3/c1-2-49-43-17-9-6-16-39(43)40-25-22-34(32-48(40)49)21-20-33-23-26-46-41(30-33)42-31-35(24-27-47(42)51(46)36-12-4-3-5-13-36)28-29-50-44-18-10-7-14-37(44)38-15-8-11-19-45(38)50/h3-32H,2H2,1H3/b21-20-,29-28+. The van der Waals surface area contributed by atoms with Crippen molar-refractivity contribution in [3.63, 3.8) is 0 Å². The van der Waals surface area contributed by atoms with Crippen molar-refractivity contribution in [1.82, 2.24) is 13.7 Å². The second-order valence-corrected chi connectivity index (χ2v) is 13.3. The highest BCUT2D eigenvalue weighted by molar-refractivity contribution is 6.12. The van der Waals surface area contributed by atoms with E-state index in [-0.39, 0.29) is 0 Å². The Hall–Kier alpha value is -6.58. The Morgan fingerprint density at radius 1 is 0.392 bits per heavy atom. The number of fused-ring (bicyclic) bond motifs is 9. The van der Waals surface area contributed by atoms with E-state index in [0.29, 0.717) is 0 Å². The first-order chi connectivity index (χ1) is 25.2. The van der Waals surface area contributed by atoms with E-state index in [1.54, 1.807) is 0 Å². The van der Waals surface area contributed by atoms with Crippen LogP contribution < -0.4 is 0 Å². The third kappa shape index (κ3) is 4.74. The summed E-state index contributed by atoms with van der Waals surface area (Å²) in [4.78, 5) is 0. The predicted molar refractivity (Wildman–Crippen MR) is 219 cm³/mol. The Kier molecular flexibility index (Phi) is 6.78. The lowest BCUT2D eigenvalue weighted by Crippen LogP contribution is -1.93. The molecule has 0 atom stereocenters. The van der Waals surface area contributed by atoms with Gasteiger partial charge in [0.15, 0.2) is 0 Å². The Balaban J connectivity index is 1.08. The summed E-state index contributed by atoms with van der Waals surface area (Å²) in [6.07, 6.45) is 8.94. The number of aromatic nitrogens is 3. The highest BCUT2D eigenvalue weighted by atomic mass is 15.0. The SMILES string of the molecule is CCn1c2ccccc2c2ccc(/C=C\c3ccc4c(c3)c3cc(/C=C/n5c6ccccc6c6ccccc65)ccc3n4-c3ccccc3)cc21. The summed E-state index contributed by atoms with van der Waals surface area (Å²) in [6.45, 7) is 3.16. The van der Waals surface area contributed by atoms with Crippen LogP contribution in [0.2, 0.25) is 0 Å². The summed E-state index contributed by atoms with van der Waals surface area (Å²) in [7, 11) is 0. The first kappa shape index (κ1) is 29.3. The molecule has 0 saturated heterocycles. The molecule has 0 spiro atoms. The van der Waals surface area contributed by atoms with Crippen LogP contribution >= 0.6 is 0 Å². The molecule has 3 aromatic heterocycles. The number of hydrogen-bond donors (Lipinski definition) is 0. The van der Waals surface area contributed by atoms with Gasteiger partial charge in [-0.2, -0.15) is 0 Å². The van der Waals surface area contributed by atoms with Gasteiger partial charge in [0.2, 0.25) is 0 Å². The summed E-state index contributed by atoms with van der Waals surface area (Å²) >= 11 is 0. The lowest BCUT2D eigenvalue weighted by molar-refractivity contribution is 0.827. The van der Waals surface area contributed by atoms with Gasteiger partial charge in [0, 0.05) is 61.8 Å². The zero-order valence-corrected chi connectivity index (χ0v) is 28.4. The lowest BCUT2D eigenvalue weighted by atomic mass is 10.1. The van der Waals surface area contributed by atoms with Gasteiger partial charge in [-0.25, -0.2) is 0 Å². The molecule has 7 aromatic carbocycles. The van der Waals surface area contributed by atoms with E-state index in [1.807, 2.05) is 0 Å². The summed E-state index contributed by atoms with van der Waals surface area (Å²) in [5, 5.41) is 7.64. The molecule has 0 unspecified atom stereocenters. The number of nitrogens with zero attached hydrogens (tertiary/aromatic N) is 3. The van der Waals surface area contributed by atoms with Gasteiger partial charge in [0.25, 0.3) is 0 Å². The van der Waals surface area contributed by atoms with Crippen molar-refractivity contribution < 1.29 is 0 Å². The van der Waals surface area contributed by atoms with Gasteiger partial charge >= 0.3 is 0 Å². The fraction of sp³-hybridized carbons (Fsp3) is 0.0417. The minimum atomic E-state index is 0.940. The lowest BCUT2D eigenvalue weighted by Gasteiger charge is -2.07. The molecule has 10 aromatic rings. The van der Waals surface area contributed by atoms with Crippen molar-refractivity contribution in [2.24, 2.45) is 0 Å². The number of hydrogen-bond acceptors (Lipinski definition) is 0.